The molecule has 0 spiro atoms. The number of carbonyl (C=O) groups excluding carboxylic acids is 1. The molecule has 0 bridgehead atoms. The van der Waals surface area contributed by atoms with Gasteiger partial charge in [0.05, 0.1) is 30.2 Å². The van der Waals surface area contributed by atoms with Gasteiger partial charge in [-0.15, -0.1) is 0 Å². The van der Waals surface area contributed by atoms with Gasteiger partial charge in [0.15, 0.2) is 17.3 Å². The van der Waals surface area contributed by atoms with E-state index in [1.165, 1.54) is 6.07 Å². The van der Waals surface area contributed by atoms with Crippen LogP contribution in [-0.4, -0.2) is 60.1 Å². The molecule has 1 saturated heterocycles. The van der Waals surface area contributed by atoms with Gasteiger partial charge in [-0.05, 0) is 29.8 Å². The number of nitrogens with zero attached hydrogens (tertiary/aromatic N) is 3. The summed E-state index contributed by atoms with van der Waals surface area (Å²) < 4.78 is 74.3. The lowest BCUT2D eigenvalue weighted by Crippen LogP contribution is -2.42. The molecule has 2 N–H and O–H groups in total. The van der Waals surface area contributed by atoms with E-state index >= 15 is 0 Å². The molecule has 2 atom stereocenters. The molecular weight excluding hydrogens is 485 g/mol. The number of rotatable bonds is 7. The highest BCUT2D eigenvalue weighted by atomic mass is 19.4. The van der Waals surface area contributed by atoms with Crippen LogP contribution in [-0.2, 0) is 10.9 Å². The van der Waals surface area contributed by atoms with E-state index in [1.54, 1.807) is 37.4 Å². The third-order valence-corrected chi connectivity index (χ3v) is 5.95. The maximum Gasteiger partial charge on any atom is 0.437 e. The second-order valence-electron chi connectivity index (χ2n) is 8.41. The average Bonchev–Trinajstić information content (AvgIpc) is 3.44. The third kappa shape index (κ3) is 5.82. The second-order valence-corrected chi connectivity index (χ2v) is 8.41. The summed E-state index contributed by atoms with van der Waals surface area (Å²) in [6.07, 6.45) is -3.72. The summed E-state index contributed by atoms with van der Waals surface area (Å²) in [6.45, 7) is 1.70. The smallest absolute Gasteiger partial charge is 0.383 e. The highest BCUT2D eigenvalue weighted by molar-refractivity contribution is 5.90. The summed E-state index contributed by atoms with van der Waals surface area (Å²) in [5, 5.41) is 8.56. The lowest BCUT2D eigenvalue weighted by atomic mass is 9.94. The molecule has 0 aliphatic carbocycles. The van der Waals surface area contributed by atoms with Crippen LogP contribution >= 0.6 is 0 Å². The first-order chi connectivity index (χ1) is 17.2. The SMILES string of the molecule is COCCN1CC(NC(=O)Nc2cn(-c3ccccc3)nc2C(F)(F)F)C(c2ccc(F)c(F)c2)C1. The van der Waals surface area contributed by atoms with Gasteiger partial charge in [-0.3, -0.25) is 4.90 Å². The van der Waals surface area contributed by atoms with E-state index in [1.807, 2.05) is 4.90 Å². The number of halogens is 5. The molecule has 1 aliphatic rings. The number of benzene rings is 2. The Bertz CT molecular complexity index is 1200. The molecule has 1 aromatic heterocycles. The van der Waals surface area contributed by atoms with Crippen molar-refractivity contribution in [3.05, 3.63) is 77.6 Å². The number of alkyl halides is 3. The molecule has 0 radical (unpaired) electrons. The normalized spacial score (nSPS) is 18.4. The number of aromatic nitrogens is 2. The maximum absolute atomic E-state index is 13.9. The fourth-order valence-corrected chi connectivity index (χ4v) is 4.23. The van der Waals surface area contributed by atoms with Gasteiger partial charge >= 0.3 is 12.2 Å². The molecule has 3 aromatic rings. The largest absolute Gasteiger partial charge is 0.437 e. The van der Waals surface area contributed by atoms with E-state index in [9.17, 15) is 26.7 Å². The number of hydrogen-bond donors (Lipinski definition) is 2. The first-order valence-corrected chi connectivity index (χ1v) is 11.1. The van der Waals surface area contributed by atoms with Gasteiger partial charge in [-0.1, -0.05) is 24.3 Å². The van der Waals surface area contributed by atoms with Gasteiger partial charge < -0.3 is 15.4 Å². The summed E-state index contributed by atoms with van der Waals surface area (Å²) in [5.74, 6) is -2.43. The predicted molar refractivity (Wildman–Crippen MR) is 122 cm³/mol. The number of urea groups is 1. The number of methoxy groups -OCH3 is 1. The van der Waals surface area contributed by atoms with E-state index in [0.717, 1.165) is 23.0 Å². The van der Waals surface area contributed by atoms with Crippen LogP contribution in [0.1, 0.15) is 17.2 Å². The number of hydrogen-bond acceptors (Lipinski definition) is 4. The quantitative estimate of drug-likeness (QED) is 0.463. The molecule has 192 valence electrons. The molecule has 2 aromatic carbocycles. The second kappa shape index (κ2) is 10.6. The number of likely N-dealkylation sites (tertiary alicyclic amines) is 1. The van der Waals surface area contributed by atoms with Gasteiger partial charge in [0.1, 0.15) is 0 Å². The van der Waals surface area contributed by atoms with Crippen molar-refractivity contribution >= 4 is 11.7 Å². The van der Waals surface area contributed by atoms with Crippen LogP contribution in [0.5, 0.6) is 0 Å². The third-order valence-electron chi connectivity index (χ3n) is 5.95. The van der Waals surface area contributed by atoms with Crippen LogP contribution in [0.3, 0.4) is 0 Å². The molecule has 2 amide bonds. The van der Waals surface area contributed by atoms with E-state index in [2.05, 4.69) is 15.7 Å². The monoisotopic (exact) mass is 509 g/mol. The number of amides is 2. The summed E-state index contributed by atoms with van der Waals surface area (Å²) in [4.78, 5) is 14.8. The lowest BCUT2D eigenvalue weighted by Gasteiger charge is -2.21. The highest BCUT2D eigenvalue weighted by Crippen LogP contribution is 2.34. The van der Waals surface area contributed by atoms with Gasteiger partial charge in [0.2, 0.25) is 0 Å². The van der Waals surface area contributed by atoms with Gasteiger partial charge in [-0.2, -0.15) is 18.3 Å². The number of anilines is 1. The van der Waals surface area contributed by atoms with Crippen molar-refractivity contribution in [3.63, 3.8) is 0 Å². The van der Waals surface area contributed by atoms with E-state index in [-0.39, 0.29) is 0 Å². The molecule has 2 heterocycles. The minimum atomic E-state index is -4.80. The molecule has 2 unspecified atom stereocenters. The predicted octanol–water partition coefficient (Wildman–Crippen LogP) is 4.41. The Labute approximate surface area is 203 Å². The molecular formula is C24H24F5N5O2. The van der Waals surface area contributed by atoms with Crippen molar-refractivity contribution in [1.82, 2.24) is 20.0 Å². The maximum atomic E-state index is 13.9. The Morgan fingerprint density at radius 1 is 1.11 bits per heavy atom. The zero-order valence-corrected chi connectivity index (χ0v) is 19.2. The standard InChI is InChI=1S/C24H24F5N5O2/c1-36-10-9-33-12-17(15-7-8-18(25)19(26)11-15)20(13-33)30-23(35)31-21-14-34(16-5-3-2-4-6-16)32-22(21)24(27,28)29/h2-8,11,14,17,20H,9-10,12-13H2,1H3,(H2,30,31,35). The van der Waals surface area contributed by atoms with Crippen molar-refractivity contribution in [2.75, 3.05) is 38.7 Å². The van der Waals surface area contributed by atoms with Gasteiger partial charge in [-0.25, -0.2) is 18.3 Å². The average molecular weight is 509 g/mol. The van der Waals surface area contributed by atoms with Crippen molar-refractivity contribution < 1.29 is 31.5 Å². The zero-order valence-electron chi connectivity index (χ0n) is 19.2. The van der Waals surface area contributed by atoms with E-state index < -0.39 is 47.2 Å². The first-order valence-electron chi connectivity index (χ1n) is 11.1. The van der Waals surface area contributed by atoms with Crippen LogP contribution in [0.4, 0.5) is 32.4 Å². The van der Waals surface area contributed by atoms with E-state index in [4.69, 9.17) is 4.74 Å². The van der Waals surface area contributed by atoms with Crippen LogP contribution < -0.4 is 10.6 Å². The molecule has 4 rings (SSSR count). The molecule has 12 heteroatoms. The molecule has 1 aliphatic heterocycles. The van der Waals surface area contributed by atoms with Crippen LogP contribution in [0, 0.1) is 11.6 Å². The number of nitrogens with one attached hydrogen (secondary N) is 2. The Balaban J connectivity index is 1.54. The first kappa shape index (κ1) is 25.6. The summed E-state index contributed by atoms with van der Waals surface area (Å²) in [5.41, 5.74) is -0.902. The summed E-state index contributed by atoms with van der Waals surface area (Å²) in [7, 11) is 1.54. The summed E-state index contributed by atoms with van der Waals surface area (Å²) >= 11 is 0. The molecule has 36 heavy (non-hydrogen) atoms. The highest BCUT2D eigenvalue weighted by Gasteiger charge is 2.39. The molecule has 0 saturated carbocycles. The number of para-hydroxylation sites is 1. The zero-order chi connectivity index (χ0) is 25.9. The number of carbonyl (C=O) groups is 1. The minimum absolute atomic E-state index is 0.343. The lowest BCUT2D eigenvalue weighted by molar-refractivity contribution is -0.140. The van der Waals surface area contributed by atoms with Gasteiger partial charge in [0, 0.05) is 32.7 Å². The molecule has 1 fully saturated rings. The Hall–Kier alpha value is -3.51. The van der Waals surface area contributed by atoms with Crippen LogP contribution in [0.15, 0.2) is 54.7 Å². The fourth-order valence-electron chi connectivity index (χ4n) is 4.23. The van der Waals surface area contributed by atoms with Gasteiger partial charge in [0.25, 0.3) is 0 Å². The summed E-state index contributed by atoms with van der Waals surface area (Å²) in [6, 6.07) is 10.2. The van der Waals surface area contributed by atoms with Crippen LogP contribution in [0.2, 0.25) is 0 Å². The van der Waals surface area contributed by atoms with Crippen molar-refractivity contribution in [3.8, 4) is 5.69 Å². The topological polar surface area (TPSA) is 71.4 Å². The van der Waals surface area contributed by atoms with Crippen molar-refractivity contribution in [2.24, 2.45) is 0 Å². The minimum Gasteiger partial charge on any atom is -0.383 e. The molecule has 7 nitrogen and oxygen atoms in total. The van der Waals surface area contributed by atoms with Crippen LogP contribution in [0.25, 0.3) is 5.69 Å². The Kier molecular flexibility index (Phi) is 7.55. The Morgan fingerprint density at radius 3 is 2.53 bits per heavy atom. The van der Waals surface area contributed by atoms with Crippen molar-refractivity contribution in [2.45, 2.75) is 18.1 Å². The number of ether oxygens (including phenoxy) is 1. The fraction of sp³-hybridized carbons (Fsp3) is 0.333. The van der Waals surface area contributed by atoms with Crippen molar-refractivity contribution in [1.29, 1.82) is 0 Å². The Morgan fingerprint density at radius 2 is 1.86 bits per heavy atom. The van der Waals surface area contributed by atoms with E-state index in [0.29, 0.717) is 37.5 Å².